The lowest BCUT2D eigenvalue weighted by Crippen LogP contribution is -2.43. The number of esters is 1. The predicted octanol–water partition coefficient (Wildman–Crippen LogP) is 5.14. The molecule has 3 heterocycles. The fourth-order valence-corrected chi connectivity index (χ4v) is 5.42. The van der Waals surface area contributed by atoms with Crippen LogP contribution in [0.25, 0.3) is 6.08 Å². The number of rotatable bonds is 2. The van der Waals surface area contributed by atoms with E-state index in [0.29, 0.717) is 18.9 Å². The first kappa shape index (κ1) is 26.8. The summed E-state index contributed by atoms with van der Waals surface area (Å²) in [4.78, 5) is 30.4. The third-order valence-electron chi connectivity index (χ3n) is 7.29. The minimum absolute atomic E-state index is 0.0236. The summed E-state index contributed by atoms with van der Waals surface area (Å²) < 4.78 is 11.8. The number of carbonyl (C=O) groups excluding carboxylic acids is 2. The Morgan fingerprint density at radius 3 is 2.62 bits per heavy atom. The van der Waals surface area contributed by atoms with E-state index in [2.05, 4.69) is 4.98 Å². The lowest BCUT2D eigenvalue weighted by Gasteiger charge is -2.39. The molecule has 6 nitrogen and oxygen atoms in total. The highest BCUT2D eigenvalue weighted by Gasteiger charge is 2.37. The summed E-state index contributed by atoms with van der Waals surface area (Å²) in [6.07, 6.45) is 7.21. The maximum Gasteiger partial charge on any atom is 0.331 e. The van der Waals surface area contributed by atoms with E-state index in [-0.39, 0.29) is 17.8 Å². The van der Waals surface area contributed by atoms with Gasteiger partial charge in [0.1, 0.15) is 11.9 Å². The van der Waals surface area contributed by atoms with Gasteiger partial charge in [-0.25, -0.2) is 9.78 Å². The zero-order chi connectivity index (χ0) is 25.0. The number of nitrogens with zero attached hydrogens (tertiary/aromatic N) is 1. The van der Waals surface area contributed by atoms with Crippen LogP contribution in [-0.4, -0.2) is 46.8 Å². The number of ketones is 1. The average molecular weight is 490 g/mol. The second-order valence-corrected chi connectivity index (χ2v) is 11.6. The van der Waals surface area contributed by atoms with Gasteiger partial charge >= 0.3 is 5.97 Å². The van der Waals surface area contributed by atoms with Gasteiger partial charge in [0.2, 0.25) is 0 Å². The number of ether oxygens (including phenoxy) is 2. The van der Waals surface area contributed by atoms with Crippen molar-refractivity contribution in [1.82, 2.24) is 4.98 Å². The summed E-state index contributed by atoms with van der Waals surface area (Å²) in [6, 6.07) is 0. The number of aliphatic hydroxyl groups excluding tert-OH is 1. The van der Waals surface area contributed by atoms with E-state index in [1.54, 1.807) is 38.2 Å². The van der Waals surface area contributed by atoms with Crippen LogP contribution in [0, 0.1) is 30.1 Å². The van der Waals surface area contributed by atoms with Crippen molar-refractivity contribution in [3.05, 3.63) is 33.8 Å². The van der Waals surface area contributed by atoms with Crippen LogP contribution in [-0.2, 0) is 19.1 Å². The van der Waals surface area contributed by atoms with Crippen molar-refractivity contribution in [2.24, 2.45) is 23.2 Å². The van der Waals surface area contributed by atoms with Crippen LogP contribution < -0.4 is 0 Å². The van der Waals surface area contributed by atoms with E-state index >= 15 is 0 Å². The standard InChI is InChI=1S/C27H39NO5S/c1-16-8-7-9-20-14-32-23(20)13-22(17(2)12-21-15-34-19(4)28-21)33-24(29)10-11-27(5,6)26(31)18(3)25(16)30/h10-12,15-16,18,20,22-23,25,30H,7-9,13-14H2,1-6H3/b11-10+,17-12+. The normalized spacial score (nSPS) is 34.6. The average Bonchev–Trinajstić information content (AvgIpc) is 3.19. The van der Waals surface area contributed by atoms with E-state index in [0.717, 1.165) is 35.5 Å². The van der Waals surface area contributed by atoms with Crippen molar-refractivity contribution in [2.45, 2.75) is 85.5 Å². The number of aliphatic hydroxyl groups is 1. The number of hydrogen-bond acceptors (Lipinski definition) is 7. The lowest BCUT2D eigenvalue weighted by molar-refractivity contribution is -0.153. The SMILES string of the molecule is C/C(=C\c1csc(C)n1)C1CC2OCC2CCCC(C)C(O)C(C)C(=O)C(C)(C)/C=C/C(=O)O1. The number of fused-ring (bicyclic) bond motifs is 1. The number of hydrogen-bond donors (Lipinski definition) is 1. The number of carbonyl (C=O) groups is 2. The fraction of sp³-hybridized carbons (Fsp3) is 0.667. The van der Waals surface area contributed by atoms with Crippen LogP contribution in [0.5, 0.6) is 0 Å². The van der Waals surface area contributed by atoms with E-state index in [9.17, 15) is 14.7 Å². The van der Waals surface area contributed by atoms with Gasteiger partial charge < -0.3 is 14.6 Å². The number of thiazole rings is 1. The van der Waals surface area contributed by atoms with Crippen molar-refractivity contribution in [2.75, 3.05) is 6.61 Å². The predicted molar refractivity (Wildman–Crippen MR) is 134 cm³/mol. The Kier molecular flexibility index (Phi) is 8.87. The second-order valence-electron chi connectivity index (χ2n) is 10.6. The minimum Gasteiger partial charge on any atom is -0.455 e. The highest BCUT2D eigenvalue weighted by atomic mass is 32.1. The molecule has 1 N–H and O–H groups in total. The van der Waals surface area contributed by atoms with Crippen molar-refractivity contribution in [3.8, 4) is 0 Å². The molecule has 0 aliphatic carbocycles. The summed E-state index contributed by atoms with van der Waals surface area (Å²) in [5.41, 5.74) is 0.887. The quantitative estimate of drug-likeness (QED) is 0.579. The molecule has 1 fully saturated rings. The third kappa shape index (κ3) is 6.64. The van der Waals surface area contributed by atoms with Gasteiger partial charge in [-0.1, -0.05) is 26.3 Å². The molecule has 0 spiro atoms. The molecule has 0 saturated carbocycles. The number of Topliss-reactive ketones (excluding diaryl/α,β-unsaturated/α-hetero) is 1. The molecule has 1 aromatic rings. The Morgan fingerprint density at radius 2 is 2.00 bits per heavy atom. The second kappa shape index (κ2) is 11.3. The molecular weight excluding hydrogens is 450 g/mol. The van der Waals surface area contributed by atoms with E-state index in [1.165, 1.54) is 6.08 Å². The molecule has 6 unspecified atom stereocenters. The molecule has 6 atom stereocenters. The molecule has 3 rings (SSSR count). The molecular formula is C27H39NO5S. The summed E-state index contributed by atoms with van der Waals surface area (Å²) in [5.74, 6) is -0.658. The van der Waals surface area contributed by atoms with Crippen molar-refractivity contribution in [1.29, 1.82) is 0 Å². The first-order valence-electron chi connectivity index (χ1n) is 12.3. The van der Waals surface area contributed by atoms with Gasteiger partial charge in [0.25, 0.3) is 0 Å². The number of aryl methyl sites for hydroxylation is 1. The lowest BCUT2D eigenvalue weighted by atomic mass is 9.76. The topological polar surface area (TPSA) is 85.7 Å². The summed E-state index contributed by atoms with van der Waals surface area (Å²) in [7, 11) is 0. The molecule has 0 aromatic carbocycles. The Hall–Kier alpha value is -1.83. The molecule has 0 bridgehead atoms. The van der Waals surface area contributed by atoms with Crippen LogP contribution in [0.15, 0.2) is 23.1 Å². The molecule has 188 valence electrons. The van der Waals surface area contributed by atoms with Crippen LogP contribution in [0.4, 0.5) is 0 Å². The van der Waals surface area contributed by atoms with Gasteiger partial charge in [0, 0.05) is 35.1 Å². The van der Waals surface area contributed by atoms with Gasteiger partial charge in [-0.15, -0.1) is 11.3 Å². The number of allylic oxidation sites excluding steroid dienone is 1. The van der Waals surface area contributed by atoms with Crippen molar-refractivity contribution in [3.63, 3.8) is 0 Å². The zero-order valence-corrected chi connectivity index (χ0v) is 22.1. The summed E-state index contributed by atoms with van der Waals surface area (Å²) in [6.45, 7) is 12.0. The Bertz CT molecular complexity index is 933. The summed E-state index contributed by atoms with van der Waals surface area (Å²) in [5, 5.41) is 13.8. The number of aromatic nitrogens is 1. The monoisotopic (exact) mass is 489 g/mol. The largest absolute Gasteiger partial charge is 0.455 e. The molecule has 0 radical (unpaired) electrons. The smallest absolute Gasteiger partial charge is 0.331 e. The number of cyclic esters (lactones) is 1. The first-order valence-corrected chi connectivity index (χ1v) is 13.2. The fourth-order valence-electron chi connectivity index (χ4n) is 4.85. The van der Waals surface area contributed by atoms with Gasteiger partial charge in [-0.2, -0.15) is 0 Å². The maximum absolute atomic E-state index is 13.1. The third-order valence-corrected chi connectivity index (χ3v) is 8.08. The van der Waals surface area contributed by atoms with Crippen molar-refractivity contribution < 1.29 is 24.2 Å². The maximum atomic E-state index is 13.1. The Balaban J connectivity index is 1.85. The molecule has 1 saturated heterocycles. The minimum atomic E-state index is -0.892. The highest BCUT2D eigenvalue weighted by molar-refractivity contribution is 7.09. The van der Waals surface area contributed by atoms with Crippen LogP contribution >= 0.6 is 11.3 Å². The van der Waals surface area contributed by atoms with Gasteiger partial charge in [-0.3, -0.25) is 4.79 Å². The highest BCUT2D eigenvalue weighted by Crippen LogP contribution is 2.34. The molecule has 7 heteroatoms. The zero-order valence-electron chi connectivity index (χ0n) is 21.2. The van der Waals surface area contributed by atoms with Crippen molar-refractivity contribution >= 4 is 29.2 Å². The molecule has 1 aromatic heterocycles. The molecule has 34 heavy (non-hydrogen) atoms. The van der Waals surface area contributed by atoms with Crippen LogP contribution in [0.3, 0.4) is 0 Å². The van der Waals surface area contributed by atoms with E-state index in [4.69, 9.17) is 9.47 Å². The van der Waals surface area contributed by atoms with Gasteiger partial charge in [0.15, 0.2) is 0 Å². The van der Waals surface area contributed by atoms with Crippen LogP contribution in [0.1, 0.15) is 71.0 Å². The summed E-state index contributed by atoms with van der Waals surface area (Å²) >= 11 is 1.58. The molecule has 2 aliphatic rings. The first-order chi connectivity index (χ1) is 16.0. The van der Waals surface area contributed by atoms with Crippen LogP contribution in [0.2, 0.25) is 0 Å². The Labute approximate surface area is 207 Å². The van der Waals surface area contributed by atoms with Gasteiger partial charge in [-0.05, 0) is 58.1 Å². The van der Waals surface area contributed by atoms with E-state index in [1.807, 2.05) is 32.2 Å². The van der Waals surface area contributed by atoms with E-state index < -0.39 is 29.5 Å². The molecule has 2 aliphatic heterocycles. The molecule has 0 amide bonds. The Morgan fingerprint density at radius 1 is 1.26 bits per heavy atom. The van der Waals surface area contributed by atoms with Gasteiger partial charge in [0.05, 0.1) is 29.5 Å².